The summed E-state index contributed by atoms with van der Waals surface area (Å²) in [4.78, 5) is 13.1. The van der Waals surface area contributed by atoms with Crippen LogP contribution in [0.3, 0.4) is 0 Å². The maximum absolute atomic E-state index is 8.91. The van der Waals surface area contributed by atoms with Crippen molar-refractivity contribution in [1.29, 1.82) is 0 Å². The fourth-order valence-corrected chi connectivity index (χ4v) is 3.13. The second-order valence-corrected chi connectivity index (χ2v) is 6.36. The van der Waals surface area contributed by atoms with Gasteiger partial charge in [0.05, 0.1) is 23.5 Å². The molecule has 1 fully saturated rings. The van der Waals surface area contributed by atoms with Crippen molar-refractivity contribution >= 4 is 23.4 Å². The van der Waals surface area contributed by atoms with Gasteiger partial charge in [-0.1, -0.05) is 30.9 Å². The molecule has 2 aromatic heterocycles. The Morgan fingerprint density at radius 3 is 2.83 bits per heavy atom. The summed E-state index contributed by atoms with van der Waals surface area (Å²) in [6.07, 6.45) is 9.46. The molecule has 0 aromatic carbocycles. The maximum Gasteiger partial charge on any atom is 0.223 e. The van der Waals surface area contributed by atoms with Crippen LogP contribution >= 0.6 is 11.6 Å². The van der Waals surface area contributed by atoms with E-state index in [2.05, 4.69) is 25.6 Å². The van der Waals surface area contributed by atoms with Gasteiger partial charge < -0.3 is 15.7 Å². The first kappa shape index (κ1) is 16.9. The number of hydrogen-bond donors (Lipinski definition) is 3. The molecule has 3 N–H and O–H groups in total. The molecular weight excluding hydrogens is 326 g/mol. The first-order valence-corrected chi connectivity index (χ1v) is 8.74. The van der Waals surface area contributed by atoms with Gasteiger partial charge in [-0.15, -0.1) is 0 Å². The van der Waals surface area contributed by atoms with Crippen LogP contribution in [0.1, 0.15) is 32.1 Å². The van der Waals surface area contributed by atoms with Crippen LogP contribution in [0.4, 0.5) is 11.8 Å². The third-order valence-corrected chi connectivity index (χ3v) is 4.41. The zero-order valence-corrected chi connectivity index (χ0v) is 14.3. The monoisotopic (exact) mass is 347 g/mol. The summed E-state index contributed by atoms with van der Waals surface area (Å²) in [7, 11) is 0. The summed E-state index contributed by atoms with van der Waals surface area (Å²) in [5, 5.41) is 15.9. The molecule has 0 saturated heterocycles. The van der Waals surface area contributed by atoms with E-state index < -0.39 is 0 Å². The largest absolute Gasteiger partial charge is 0.395 e. The highest BCUT2D eigenvalue weighted by Crippen LogP contribution is 2.28. The minimum atomic E-state index is 0.0512. The fourth-order valence-electron chi connectivity index (χ4n) is 2.93. The Kier molecular flexibility index (Phi) is 5.82. The molecule has 24 heavy (non-hydrogen) atoms. The highest BCUT2D eigenvalue weighted by molar-refractivity contribution is 6.32. The van der Waals surface area contributed by atoms with Gasteiger partial charge in [-0.2, -0.15) is 0 Å². The molecule has 1 aliphatic rings. The van der Waals surface area contributed by atoms with Gasteiger partial charge in [0.2, 0.25) is 5.95 Å². The minimum Gasteiger partial charge on any atom is -0.395 e. The van der Waals surface area contributed by atoms with Crippen LogP contribution in [0, 0.1) is 0 Å². The number of anilines is 2. The molecule has 6 nitrogen and oxygen atoms in total. The van der Waals surface area contributed by atoms with Crippen molar-refractivity contribution in [3.8, 4) is 11.3 Å². The van der Waals surface area contributed by atoms with Crippen molar-refractivity contribution in [2.24, 2.45) is 0 Å². The van der Waals surface area contributed by atoms with Gasteiger partial charge in [0.1, 0.15) is 5.82 Å². The molecule has 7 heteroatoms. The summed E-state index contributed by atoms with van der Waals surface area (Å²) in [6, 6.07) is 4.17. The van der Waals surface area contributed by atoms with Crippen LogP contribution in [0.2, 0.25) is 5.02 Å². The van der Waals surface area contributed by atoms with Crippen molar-refractivity contribution < 1.29 is 5.11 Å². The minimum absolute atomic E-state index is 0.0512. The van der Waals surface area contributed by atoms with E-state index in [1.807, 2.05) is 12.1 Å². The standard InChI is InChI=1S/C17H22ClN5O/c18-14-11-21-17(22-13-4-2-1-3-5-13)23-16(14)12-6-7-19-15(10-12)20-8-9-24/h6-7,10-11,13,24H,1-5,8-9H2,(H,19,20)(H,21,22,23). The second-order valence-electron chi connectivity index (χ2n) is 5.95. The number of rotatable bonds is 6. The summed E-state index contributed by atoms with van der Waals surface area (Å²) in [5.41, 5.74) is 1.55. The molecule has 0 spiro atoms. The molecule has 0 atom stereocenters. The average Bonchev–Trinajstić information content (AvgIpc) is 2.63. The second kappa shape index (κ2) is 8.26. The highest BCUT2D eigenvalue weighted by Gasteiger charge is 2.15. The molecule has 0 radical (unpaired) electrons. The normalized spacial score (nSPS) is 15.2. The molecule has 1 saturated carbocycles. The number of halogens is 1. The van der Waals surface area contributed by atoms with E-state index in [9.17, 15) is 0 Å². The molecule has 0 unspecified atom stereocenters. The van der Waals surface area contributed by atoms with Gasteiger partial charge in [-0.25, -0.2) is 15.0 Å². The quantitative estimate of drug-likeness (QED) is 0.743. The van der Waals surface area contributed by atoms with Gasteiger partial charge >= 0.3 is 0 Å². The van der Waals surface area contributed by atoms with E-state index in [0.29, 0.717) is 35.1 Å². The number of nitrogens with zero attached hydrogens (tertiary/aromatic N) is 3. The Morgan fingerprint density at radius 1 is 1.21 bits per heavy atom. The first-order valence-electron chi connectivity index (χ1n) is 8.36. The Bertz CT molecular complexity index is 676. The van der Waals surface area contributed by atoms with E-state index in [1.165, 1.54) is 19.3 Å². The topological polar surface area (TPSA) is 83.0 Å². The van der Waals surface area contributed by atoms with Gasteiger partial charge in [-0.05, 0) is 25.0 Å². The number of aromatic nitrogens is 3. The van der Waals surface area contributed by atoms with Crippen LogP contribution in [0.15, 0.2) is 24.5 Å². The summed E-state index contributed by atoms with van der Waals surface area (Å²) in [6.45, 7) is 0.498. The van der Waals surface area contributed by atoms with Gasteiger partial charge in [0, 0.05) is 24.3 Å². The van der Waals surface area contributed by atoms with Crippen LogP contribution in [-0.4, -0.2) is 39.3 Å². The van der Waals surface area contributed by atoms with Gasteiger partial charge in [-0.3, -0.25) is 0 Å². The van der Waals surface area contributed by atoms with Crippen molar-refractivity contribution in [3.63, 3.8) is 0 Å². The van der Waals surface area contributed by atoms with Crippen molar-refractivity contribution in [2.75, 3.05) is 23.8 Å². The van der Waals surface area contributed by atoms with E-state index >= 15 is 0 Å². The Morgan fingerprint density at radius 2 is 2.04 bits per heavy atom. The predicted octanol–water partition coefficient (Wildman–Crippen LogP) is 3.34. The average molecular weight is 348 g/mol. The lowest BCUT2D eigenvalue weighted by atomic mass is 9.96. The van der Waals surface area contributed by atoms with Crippen molar-refractivity contribution in [3.05, 3.63) is 29.5 Å². The summed E-state index contributed by atoms with van der Waals surface area (Å²) >= 11 is 6.30. The lowest BCUT2D eigenvalue weighted by Crippen LogP contribution is -2.23. The highest BCUT2D eigenvalue weighted by atomic mass is 35.5. The molecule has 3 rings (SSSR count). The smallest absolute Gasteiger partial charge is 0.223 e. The van der Waals surface area contributed by atoms with Crippen LogP contribution in [0.5, 0.6) is 0 Å². The predicted molar refractivity (Wildman–Crippen MR) is 96.3 cm³/mol. The van der Waals surface area contributed by atoms with E-state index in [0.717, 1.165) is 18.4 Å². The Balaban J connectivity index is 1.80. The number of pyridine rings is 1. The van der Waals surface area contributed by atoms with E-state index in [4.69, 9.17) is 16.7 Å². The third kappa shape index (κ3) is 4.33. The molecule has 0 amide bonds. The third-order valence-electron chi connectivity index (χ3n) is 4.13. The van der Waals surface area contributed by atoms with Crippen LogP contribution in [-0.2, 0) is 0 Å². The van der Waals surface area contributed by atoms with Gasteiger partial charge in [0.15, 0.2) is 0 Å². The SMILES string of the molecule is OCCNc1cc(-c2nc(NC3CCCCC3)ncc2Cl)ccn1. The lowest BCUT2D eigenvalue weighted by molar-refractivity contribution is 0.311. The molecule has 1 aliphatic carbocycles. The van der Waals surface area contributed by atoms with Crippen molar-refractivity contribution in [2.45, 2.75) is 38.1 Å². The van der Waals surface area contributed by atoms with E-state index in [1.54, 1.807) is 12.4 Å². The number of aliphatic hydroxyl groups is 1. The summed E-state index contributed by atoms with van der Waals surface area (Å²) < 4.78 is 0. The molecule has 2 heterocycles. The number of aliphatic hydroxyl groups excluding tert-OH is 1. The van der Waals surface area contributed by atoms with E-state index in [-0.39, 0.29) is 6.61 Å². The molecular formula is C17H22ClN5O. The van der Waals surface area contributed by atoms with Crippen molar-refractivity contribution in [1.82, 2.24) is 15.0 Å². The zero-order chi connectivity index (χ0) is 16.8. The first-order chi connectivity index (χ1) is 11.8. The zero-order valence-electron chi connectivity index (χ0n) is 13.5. The molecule has 128 valence electrons. The molecule has 2 aromatic rings. The fraction of sp³-hybridized carbons (Fsp3) is 0.471. The maximum atomic E-state index is 8.91. The molecule has 0 bridgehead atoms. The lowest BCUT2D eigenvalue weighted by Gasteiger charge is -2.22. The summed E-state index contributed by atoms with van der Waals surface area (Å²) in [5.74, 6) is 1.29. The van der Waals surface area contributed by atoms with Crippen LogP contribution < -0.4 is 10.6 Å². The Hall–Kier alpha value is -1.92. The van der Waals surface area contributed by atoms with Gasteiger partial charge in [0.25, 0.3) is 0 Å². The molecule has 0 aliphatic heterocycles. The van der Waals surface area contributed by atoms with Crippen LogP contribution in [0.25, 0.3) is 11.3 Å². The number of nitrogens with one attached hydrogen (secondary N) is 2. The Labute approximate surface area is 146 Å². The number of hydrogen-bond acceptors (Lipinski definition) is 6.